The Labute approximate surface area is 178 Å². The standard InChI is InChI=1S/C19H26N4O6S/c1-4-9-30-15-10-13(6-5-12(15)2)23(29)16(24)8-7-14(22-19(28)20-3)18(27)21-11-17(25)26/h4-6,9-10,14,29H,7-8,11H2,1-3H3,(H,21,27)(H,25,26)(H2,20,22,28)/b9-4-. The molecular weight excluding hydrogens is 412 g/mol. The number of carboxylic acids is 1. The Bertz CT molecular complexity index is 814. The first-order chi connectivity index (χ1) is 14.2. The number of carboxylic acid groups (broad SMARTS) is 1. The van der Waals surface area contributed by atoms with Gasteiger partial charge in [0.05, 0.1) is 5.69 Å². The van der Waals surface area contributed by atoms with Crippen molar-refractivity contribution in [3.8, 4) is 0 Å². The van der Waals surface area contributed by atoms with Crippen LogP contribution in [0.5, 0.6) is 0 Å². The van der Waals surface area contributed by atoms with Crippen LogP contribution >= 0.6 is 11.8 Å². The Balaban J connectivity index is 2.82. The van der Waals surface area contributed by atoms with Crippen molar-refractivity contribution < 1.29 is 29.5 Å². The van der Waals surface area contributed by atoms with Gasteiger partial charge in [0.1, 0.15) is 12.6 Å². The van der Waals surface area contributed by atoms with Gasteiger partial charge < -0.3 is 21.1 Å². The smallest absolute Gasteiger partial charge is 0.322 e. The zero-order valence-corrected chi connectivity index (χ0v) is 17.8. The van der Waals surface area contributed by atoms with Crippen LogP contribution in [0, 0.1) is 6.92 Å². The number of anilines is 1. The van der Waals surface area contributed by atoms with E-state index in [9.17, 15) is 24.4 Å². The molecule has 0 saturated carbocycles. The second-order valence-electron chi connectivity index (χ2n) is 6.17. The maximum Gasteiger partial charge on any atom is 0.322 e. The number of urea groups is 1. The van der Waals surface area contributed by atoms with Gasteiger partial charge in [-0.15, -0.1) is 0 Å². The first-order valence-electron chi connectivity index (χ1n) is 9.07. The Hall–Kier alpha value is -3.05. The number of aryl methyl sites for hydroxylation is 1. The van der Waals surface area contributed by atoms with E-state index < -0.39 is 36.4 Å². The average molecular weight is 439 g/mol. The Kier molecular flexibility index (Phi) is 10.4. The number of carbonyl (C=O) groups is 4. The zero-order valence-electron chi connectivity index (χ0n) is 17.0. The van der Waals surface area contributed by atoms with Crippen molar-refractivity contribution in [1.82, 2.24) is 16.0 Å². The third-order valence-electron chi connectivity index (χ3n) is 3.89. The lowest BCUT2D eigenvalue weighted by Crippen LogP contribution is -2.50. The number of amides is 4. The van der Waals surface area contributed by atoms with Gasteiger partial charge >= 0.3 is 12.0 Å². The Morgan fingerprint density at radius 2 is 1.97 bits per heavy atom. The van der Waals surface area contributed by atoms with E-state index in [1.807, 2.05) is 25.3 Å². The fraction of sp³-hybridized carbons (Fsp3) is 0.368. The van der Waals surface area contributed by atoms with Crippen LogP contribution in [0.2, 0.25) is 0 Å². The number of nitrogens with zero attached hydrogens (tertiary/aromatic N) is 1. The molecule has 164 valence electrons. The number of nitrogens with one attached hydrogen (secondary N) is 3. The van der Waals surface area contributed by atoms with Crippen molar-refractivity contribution in [2.75, 3.05) is 18.7 Å². The lowest BCUT2D eigenvalue weighted by molar-refractivity contribution is -0.138. The van der Waals surface area contributed by atoms with E-state index >= 15 is 0 Å². The fourth-order valence-electron chi connectivity index (χ4n) is 2.29. The predicted molar refractivity (Wildman–Crippen MR) is 112 cm³/mol. The molecule has 0 radical (unpaired) electrons. The minimum atomic E-state index is -1.24. The first-order valence-corrected chi connectivity index (χ1v) is 9.95. The molecule has 4 amide bonds. The number of carbonyl (C=O) groups excluding carboxylic acids is 3. The summed E-state index contributed by atoms with van der Waals surface area (Å²) >= 11 is 1.44. The van der Waals surface area contributed by atoms with Gasteiger partial charge in [-0.3, -0.25) is 19.6 Å². The molecule has 0 aliphatic carbocycles. The maximum absolute atomic E-state index is 12.4. The van der Waals surface area contributed by atoms with Gasteiger partial charge in [0.25, 0.3) is 5.91 Å². The molecule has 0 heterocycles. The summed E-state index contributed by atoms with van der Waals surface area (Å²) in [4.78, 5) is 47.6. The second-order valence-corrected chi connectivity index (χ2v) is 7.12. The molecule has 1 aromatic rings. The molecule has 1 unspecified atom stereocenters. The second kappa shape index (κ2) is 12.5. The van der Waals surface area contributed by atoms with Crippen LogP contribution in [0.25, 0.3) is 0 Å². The normalized spacial score (nSPS) is 11.6. The van der Waals surface area contributed by atoms with Gasteiger partial charge in [-0.2, -0.15) is 5.06 Å². The Morgan fingerprint density at radius 3 is 2.57 bits per heavy atom. The summed E-state index contributed by atoms with van der Waals surface area (Å²) in [5.41, 5.74) is 1.25. The molecule has 0 aromatic heterocycles. The van der Waals surface area contributed by atoms with E-state index in [0.29, 0.717) is 5.06 Å². The molecule has 0 aliphatic rings. The van der Waals surface area contributed by atoms with Gasteiger partial charge in [-0.25, -0.2) is 4.79 Å². The van der Waals surface area contributed by atoms with E-state index in [1.165, 1.54) is 18.8 Å². The Morgan fingerprint density at radius 1 is 1.27 bits per heavy atom. The number of aliphatic carboxylic acids is 1. The van der Waals surface area contributed by atoms with Gasteiger partial charge in [-0.05, 0) is 43.4 Å². The van der Waals surface area contributed by atoms with Crippen molar-refractivity contribution in [2.24, 2.45) is 0 Å². The quantitative estimate of drug-likeness (QED) is 0.212. The van der Waals surface area contributed by atoms with Crippen LogP contribution in [0.3, 0.4) is 0 Å². The molecule has 0 fully saturated rings. The monoisotopic (exact) mass is 438 g/mol. The molecule has 1 aromatic carbocycles. The molecule has 30 heavy (non-hydrogen) atoms. The summed E-state index contributed by atoms with van der Waals surface area (Å²) in [5, 5.41) is 28.1. The van der Waals surface area contributed by atoms with Crippen LogP contribution < -0.4 is 21.0 Å². The number of hydroxylamine groups is 1. The van der Waals surface area contributed by atoms with Crippen LogP contribution in [0.1, 0.15) is 25.3 Å². The van der Waals surface area contributed by atoms with Crippen molar-refractivity contribution in [3.63, 3.8) is 0 Å². The highest BCUT2D eigenvalue weighted by Gasteiger charge is 2.24. The van der Waals surface area contributed by atoms with E-state index in [-0.39, 0.29) is 18.5 Å². The van der Waals surface area contributed by atoms with Crippen molar-refractivity contribution >= 4 is 41.3 Å². The molecule has 10 nitrogen and oxygen atoms in total. The minimum absolute atomic E-state index is 0.138. The molecule has 0 aliphatic heterocycles. The molecule has 5 N–H and O–H groups in total. The third-order valence-corrected chi connectivity index (χ3v) is 5.00. The number of hydrogen-bond acceptors (Lipinski definition) is 6. The van der Waals surface area contributed by atoms with Crippen LogP contribution in [0.4, 0.5) is 10.5 Å². The summed E-state index contributed by atoms with van der Waals surface area (Å²) in [7, 11) is 1.35. The zero-order chi connectivity index (χ0) is 22.7. The van der Waals surface area contributed by atoms with Gasteiger partial charge in [0.15, 0.2) is 0 Å². The fourth-order valence-corrected chi connectivity index (χ4v) is 3.02. The van der Waals surface area contributed by atoms with Gasteiger partial charge in [0.2, 0.25) is 5.91 Å². The maximum atomic E-state index is 12.4. The number of thioether (sulfide) groups is 1. The molecule has 1 atom stereocenters. The van der Waals surface area contributed by atoms with Crippen LogP contribution in [-0.4, -0.2) is 53.8 Å². The van der Waals surface area contributed by atoms with E-state index in [1.54, 1.807) is 18.2 Å². The molecule has 11 heteroatoms. The third kappa shape index (κ3) is 8.13. The highest BCUT2D eigenvalue weighted by atomic mass is 32.2. The van der Waals surface area contributed by atoms with Crippen molar-refractivity contribution in [2.45, 2.75) is 37.6 Å². The van der Waals surface area contributed by atoms with E-state index in [0.717, 1.165) is 10.5 Å². The van der Waals surface area contributed by atoms with Gasteiger partial charge in [-0.1, -0.05) is 23.9 Å². The van der Waals surface area contributed by atoms with E-state index in [2.05, 4.69) is 16.0 Å². The molecule has 0 saturated heterocycles. The predicted octanol–water partition coefficient (Wildman–Crippen LogP) is 1.62. The summed E-state index contributed by atoms with van der Waals surface area (Å²) in [6, 6.07) is 3.21. The molecule has 0 spiro atoms. The topological polar surface area (TPSA) is 148 Å². The summed E-state index contributed by atoms with van der Waals surface area (Å²) in [6.45, 7) is 3.16. The minimum Gasteiger partial charge on any atom is -0.480 e. The number of hydrogen-bond donors (Lipinski definition) is 5. The van der Waals surface area contributed by atoms with Crippen LogP contribution in [0.15, 0.2) is 34.6 Å². The number of rotatable bonds is 10. The SMILES string of the molecule is C/C=C\Sc1cc(N(O)C(=O)CCC(NC(=O)NC)C(=O)NCC(=O)O)ccc1C. The highest BCUT2D eigenvalue weighted by Crippen LogP contribution is 2.28. The summed E-state index contributed by atoms with van der Waals surface area (Å²) in [5.74, 6) is -2.68. The highest BCUT2D eigenvalue weighted by molar-refractivity contribution is 8.02. The van der Waals surface area contributed by atoms with E-state index in [4.69, 9.17) is 5.11 Å². The first kappa shape index (κ1) is 25.0. The molecule has 0 bridgehead atoms. The molecular formula is C19H26N4O6S. The lowest BCUT2D eigenvalue weighted by atomic mass is 10.1. The largest absolute Gasteiger partial charge is 0.480 e. The van der Waals surface area contributed by atoms with Gasteiger partial charge in [0, 0.05) is 18.4 Å². The van der Waals surface area contributed by atoms with Crippen LogP contribution in [-0.2, 0) is 14.4 Å². The molecule has 1 rings (SSSR count). The lowest BCUT2D eigenvalue weighted by Gasteiger charge is -2.20. The summed E-state index contributed by atoms with van der Waals surface area (Å²) in [6.07, 6.45) is 1.46. The van der Waals surface area contributed by atoms with Crippen molar-refractivity contribution in [3.05, 3.63) is 35.2 Å². The average Bonchev–Trinajstić information content (AvgIpc) is 2.73. The van der Waals surface area contributed by atoms with Crippen molar-refractivity contribution in [1.29, 1.82) is 0 Å². The number of allylic oxidation sites excluding steroid dienone is 1. The summed E-state index contributed by atoms with van der Waals surface area (Å²) < 4.78 is 0. The number of benzene rings is 1.